The van der Waals surface area contributed by atoms with E-state index in [0.717, 1.165) is 20.6 Å². The lowest BCUT2D eigenvalue weighted by atomic mass is 10.1. The molecule has 1 atom stereocenters. The van der Waals surface area contributed by atoms with Crippen molar-refractivity contribution >= 4 is 43.5 Å². The Balaban J connectivity index is 2.43. The van der Waals surface area contributed by atoms with Crippen LogP contribution in [0.15, 0.2) is 46.9 Å². The standard InChI is InChI=1S/C22H27BrFN3O4S/c1-5-20(22(29)25-3)26(13-16-6-8-17(24)9-7-16)21(28)14-27(32(4,30)31)18-10-11-19(23)15(2)12-18/h6-12,20H,5,13-14H2,1-4H3,(H,25,29)/t20-/m0/s1. The Morgan fingerprint density at radius 3 is 2.28 bits per heavy atom. The van der Waals surface area contributed by atoms with E-state index in [2.05, 4.69) is 21.2 Å². The fourth-order valence-corrected chi connectivity index (χ4v) is 4.36. The molecule has 174 valence electrons. The van der Waals surface area contributed by atoms with E-state index in [-0.39, 0.29) is 12.5 Å². The van der Waals surface area contributed by atoms with Gasteiger partial charge in [-0.2, -0.15) is 0 Å². The van der Waals surface area contributed by atoms with Crippen LogP contribution in [0.5, 0.6) is 0 Å². The number of hydrogen-bond acceptors (Lipinski definition) is 4. The van der Waals surface area contributed by atoms with Crippen LogP contribution in [0.4, 0.5) is 10.1 Å². The van der Waals surface area contributed by atoms with Crippen molar-refractivity contribution in [2.75, 3.05) is 24.2 Å². The maximum absolute atomic E-state index is 13.4. The third-order valence-corrected chi connectivity index (χ3v) is 7.04. The van der Waals surface area contributed by atoms with E-state index in [0.29, 0.717) is 17.7 Å². The van der Waals surface area contributed by atoms with Crippen molar-refractivity contribution in [3.63, 3.8) is 0 Å². The predicted octanol–water partition coefficient (Wildman–Crippen LogP) is 3.22. The van der Waals surface area contributed by atoms with Crippen molar-refractivity contribution in [1.82, 2.24) is 10.2 Å². The molecule has 10 heteroatoms. The summed E-state index contributed by atoms with van der Waals surface area (Å²) >= 11 is 3.38. The minimum Gasteiger partial charge on any atom is -0.357 e. The van der Waals surface area contributed by atoms with Gasteiger partial charge in [0.2, 0.25) is 21.8 Å². The highest BCUT2D eigenvalue weighted by Gasteiger charge is 2.31. The van der Waals surface area contributed by atoms with E-state index in [4.69, 9.17) is 0 Å². The summed E-state index contributed by atoms with van der Waals surface area (Å²) in [5, 5.41) is 2.55. The Morgan fingerprint density at radius 1 is 1.16 bits per heavy atom. The summed E-state index contributed by atoms with van der Waals surface area (Å²) in [6, 6.07) is 9.76. The second-order valence-corrected chi connectivity index (χ2v) is 10.2. The number of carbonyl (C=O) groups is 2. The molecular formula is C22H27BrFN3O4S. The van der Waals surface area contributed by atoms with E-state index in [1.165, 1.54) is 36.2 Å². The molecule has 0 aliphatic carbocycles. The highest BCUT2D eigenvalue weighted by molar-refractivity contribution is 9.10. The number of aryl methyl sites for hydroxylation is 1. The predicted molar refractivity (Wildman–Crippen MR) is 126 cm³/mol. The third-order valence-electron chi connectivity index (χ3n) is 5.01. The molecule has 2 rings (SSSR count). The molecule has 2 amide bonds. The first-order valence-corrected chi connectivity index (χ1v) is 12.6. The van der Waals surface area contributed by atoms with Gasteiger partial charge in [0, 0.05) is 18.1 Å². The lowest BCUT2D eigenvalue weighted by molar-refractivity contribution is -0.140. The van der Waals surface area contributed by atoms with Crippen molar-refractivity contribution in [3.05, 3.63) is 63.9 Å². The number of halogens is 2. The average Bonchev–Trinajstić information content (AvgIpc) is 2.74. The number of amides is 2. The highest BCUT2D eigenvalue weighted by Crippen LogP contribution is 2.25. The van der Waals surface area contributed by atoms with Crippen molar-refractivity contribution in [1.29, 1.82) is 0 Å². The van der Waals surface area contributed by atoms with Gasteiger partial charge < -0.3 is 10.2 Å². The Labute approximate surface area is 196 Å². The maximum atomic E-state index is 13.4. The Bertz CT molecular complexity index is 1080. The number of likely N-dealkylation sites (N-methyl/N-ethyl adjacent to an activating group) is 1. The summed E-state index contributed by atoms with van der Waals surface area (Å²) in [6.45, 7) is 3.13. The molecule has 0 saturated carbocycles. The SMILES string of the molecule is CC[C@@H](C(=O)NC)N(Cc1ccc(F)cc1)C(=O)CN(c1ccc(Br)c(C)c1)S(C)(=O)=O. The number of hydrogen-bond donors (Lipinski definition) is 1. The Kier molecular flexibility index (Phi) is 8.80. The van der Waals surface area contributed by atoms with Crippen molar-refractivity contribution in [2.24, 2.45) is 0 Å². The van der Waals surface area contributed by atoms with Crippen LogP contribution in [0.1, 0.15) is 24.5 Å². The number of nitrogens with zero attached hydrogens (tertiary/aromatic N) is 2. The monoisotopic (exact) mass is 527 g/mol. The van der Waals surface area contributed by atoms with E-state index < -0.39 is 34.3 Å². The largest absolute Gasteiger partial charge is 0.357 e. The van der Waals surface area contributed by atoms with Crippen LogP contribution in [0.2, 0.25) is 0 Å². The second-order valence-electron chi connectivity index (χ2n) is 7.39. The molecule has 1 N–H and O–H groups in total. The molecule has 2 aromatic carbocycles. The molecule has 0 heterocycles. The molecule has 2 aromatic rings. The van der Waals surface area contributed by atoms with Gasteiger partial charge in [0.25, 0.3) is 0 Å². The first-order chi connectivity index (χ1) is 15.0. The summed E-state index contributed by atoms with van der Waals surface area (Å²) in [4.78, 5) is 27.2. The number of nitrogens with one attached hydrogen (secondary N) is 1. The van der Waals surface area contributed by atoms with Gasteiger partial charge >= 0.3 is 0 Å². The zero-order valence-corrected chi connectivity index (χ0v) is 20.8. The molecule has 0 aliphatic heterocycles. The van der Waals surface area contributed by atoms with E-state index in [9.17, 15) is 22.4 Å². The molecule has 0 fully saturated rings. The zero-order chi connectivity index (χ0) is 24.1. The van der Waals surface area contributed by atoms with Crippen LogP contribution in [-0.2, 0) is 26.2 Å². The van der Waals surface area contributed by atoms with Crippen molar-refractivity contribution in [2.45, 2.75) is 32.9 Å². The first-order valence-electron chi connectivity index (χ1n) is 9.97. The Hall–Kier alpha value is -2.46. The second kappa shape index (κ2) is 10.9. The molecule has 32 heavy (non-hydrogen) atoms. The number of rotatable bonds is 9. The molecule has 0 aliphatic rings. The average molecular weight is 528 g/mol. The lowest BCUT2D eigenvalue weighted by Gasteiger charge is -2.32. The van der Waals surface area contributed by atoms with Gasteiger partial charge in [-0.05, 0) is 54.8 Å². The van der Waals surface area contributed by atoms with Gasteiger partial charge in [-0.1, -0.05) is 35.0 Å². The number of anilines is 1. The molecule has 0 aromatic heterocycles. The van der Waals surface area contributed by atoms with E-state index in [1.54, 1.807) is 25.1 Å². The number of benzene rings is 2. The summed E-state index contributed by atoms with van der Waals surface area (Å²) in [5.41, 5.74) is 1.77. The molecule has 0 saturated heterocycles. The molecule has 0 bridgehead atoms. The van der Waals surface area contributed by atoms with Gasteiger partial charge in [0.05, 0.1) is 11.9 Å². The van der Waals surface area contributed by atoms with Crippen LogP contribution in [0.25, 0.3) is 0 Å². The van der Waals surface area contributed by atoms with Crippen LogP contribution in [-0.4, -0.2) is 51.0 Å². The van der Waals surface area contributed by atoms with Gasteiger partial charge in [0.1, 0.15) is 18.4 Å². The van der Waals surface area contributed by atoms with Crippen LogP contribution in [0, 0.1) is 12.7 Å². The summed E-state index contributed by atoms with van der Waals surface area (Å²) in [5.74, 6) is -1.33. The maximum Gasteiger partial charge on any atom is 0.244 e. The van der Waals surface area contributed by atoms with Crippen LogP contribution < -0.4 is 9.62 Å². The summed E-state index contributed by atoms with van der Waals surface area (Å²) in [7, 11) is -2.32. The molecular weight excluding hydrogens is 501 g/mol. The van der Waals surface area contributed by atoms with Gasteiger partial charge in [0.15, 0.2) is 0 Å². The number of sulfonamides is 1. The van der Waals surface area contributed by atoms with Crippen molar-refractivity contribution in [3.8, 4) is 0 Å². The molecule has 0 spiro atoms. The normalized spacial score (nSPS) is 12.2. The summed E-state index contributed by atoms with van der Waals surface area (Å²) < 4.78 is 40.2. The summed E-state index contributed by atoms with van der Waals surface area (Å²) in [6.07, 6.45) is 1.35. The van der Waals surface area contributed by atoms with Crippen LogP contribution in [0.3, 0.4) is 0 Å². The van der Waals surface area contributed by atoms with E-state index in [1.807, 2.05) is 6.92 Å². The first kappa shape index (κ1) is 25.8. The fraction of sp³-hybridized carbons (Fsp3) is 0.364. The fourth-order valence-electron chi connectivity index (χ4n) is 3.27. The third kappa shape index (κ3) is 6.52. The van der Waals surface area contributed by atoms with Crippen molar-refractivity contribution < 1.29 is 22.4 Å². The highest BCUT2D eigenvalue weighted by atomic mass is 79.9. The lowest BCUT2D eigenvalue weighted by Crippen LogP contribution is -2.51. The van der Waals surface area contributed by atoms with Gasteiger partial charge in [-0.25, -0.2) is 12.8 Å². The quantitative estimate of drug-likeness (QED) is 0.542. The van der Waals surface area contributed by atoms with Gasteiger partial charge in [-0.15, -0.1) is 0 Å². The van der Waals surface area contributed by atoms with Gasteiger partial charge in [-0.3, -0.25) is 13.9 Å². The Morgan fingerprint density at radius 2 is 1.78 bits per heavy atom. The van der Waals surface area contributed by atoms with E-state index >= 15 is 0 Å². The minimum absolute atomic E-state index is 0.0298. The minimum atomic E-state index is -3.79. The molecule has 7 nitrogen and oxygen atoms in total. The molecule has 0 radical (unpaired) electrons. The smallest absolute Gasteiger partial charge is 0.244 e. The molecule has 0 unspecified atom stereocenters. The number of carbonyl (C=O) groups excluding carboxylic acids is 2. The topological polar surface area (TPSA) is 86.8 Å². The zero-order valence-electron chi connectivity index (χ0n) is 18.4. The van der Waals surface area contributed by atoms with Crippen LogP contribution >= 0.6 is 15.9 Å².